The molecule has 2 rings (SSSR count). The maximum atomic E-state index is 12.1. The van der Waals surface area contributed by atoms with Crippen LogP contribution in [0.15, 0.2) is 23.3 Å². The molecule has 2 heterocycles. The minimum absolute atomic E-state index is 0.0364. The van der Waals surface area contributed by atoms with Crippen LogP contribution in [0.5, 0.6) is 0 Å². The third-order valence-corrected chi connectivity index (χ3v) is 4.19. The maximum absolute atomic E-state index is 12.1. The van der Waals surface area contributed by atoms with Crippen molar-refractivity contribution in [3.05, 3.63) is 43.2 Å². The second kappa shape index (κ2) is 5.53. The summed E-state index contributed by atoms with van der Waals surface area (Å²) in [5.41, 5.74) is 0.154. The van der Waals surface area contributed by atoms with Gasteiger partial charge >= 0.3 is 5.69 Å². The summed E-state index contributed by atoms with van der Waals surface area (Å²) < 4.78 is 3.74. The molecule has 0 amide bonds. The number of hydrogen-bond acceptors (Lipinski definition) is 3. The number of halogens is 2. The van der Waals surface area contributed by atoms with Crippen LogP contribution >= 0.6 is 34.5 Å². The van der Waals surface area contributed by atoms with Crippen molar-refractivity contribution < 1.29 is 4.79 Å². The summed E-state index contributed by atoms with van der Waals surface area (Å²) in [6.45, 7) is 3.78. The van der Waals surface area contributed by atoms with Gasteiger partial charge in [-0.05, 0) is 19.9 Å². The predicted molar refractivity (Wildman–Crippen MR) is 77.7 cm³/mol. The van der Waals surface area contributed by atoms with E-state index in [0.717, 1.165) is 11.3 Å². The molecule has 0 fully saturated rings. The van der Waals surface area contributed by atoms with Gasteiger partial charge in [0.05, 0.1) is 16.4 Å². The number of nitrogens with zero attached hydrogens (tertiary/aromatic N) is 2. The fourth-order valence-electron chi connectivity index (χ4n) is 1.71. The average molecular weight is 319 g/mol. The van der Waals surface area contributed by atoms with E-state index in [-0.39, 0.29) is 24.1 Å². The molecule has 0 aliphatic carbocycles. The van der Waals surface area contributed by atoms with Crippen LogP contribution in [0.4, 0.5) is 0 Å². The molecule has 0 saturated heterocycles. The lowest BCUT2D eigenvalue weighted by molar-refractivity contribution is 0.0971. The van der Waals surface area contributed by atoms with Gasteiger partial charge < -0.3 is 0 Å². The van der Waals surface area contributed by atoms with Gasteiger partial charge in [0, 0.05) is 18.4 Å². The smallest absolute Gasteiger partial charge is 0.297 e. The summed E-state index contributed by atoms with van der Waals surface area (Å²) in [5, 5.41) is 0. The summed E-state index contributed by atoms with van der Waals surface area (Å²) in [5.74, 6) is -0.225. The van der Waals surface area contributed by atoms with E-state index in [9.17, 15) is 9.59 Å². The van der Waals surface area contributed by atoms with Gasteiger partial charge in [0.25, 0.3) is 0 Å². The summed E-state index contributed by atoms with van der Waals surface area (Å²) in [7, 11) is 0. The van der Waals surface area contributed by atoms with Crippen LogP contribution < -0.4 is 5.69 Å². The highest BCUT2D eigenvalue weighted by molar-refractivity contribution is 7.20. The van der Waals surface area contributed by atoms with E-state index >= 15 is 0 Å². The van der Waals surface area contributed by atoms with E-state index in [1.54, 1.807) is 17.0 Å². The highest BCUT2D eigenvalue weighted by atomic mass is 35.5. The maximum Gasteiger partial charge on any atom is 0.328 e. The fraction of sp³-hybridized carbons (Fsp3) is 0.333. The Balaban J connectivity index is 2.25. The number of carbonyl (C=O) groups is 1. The monoisotopic (exact) mass is 318 g/mol. The minimum atomic E-state index is -0.225. The molecule has 102 valence electrons. The lowest BCUT2D eigenvalue weighted by atomic mass is 10.2. The molecule has 2 aromatic rings. The first-order valence-electron chi connectivity index (χ1n) is 5.65. The molecule has 19 heavy (non-hydrogen) atoms. The Labute approximate surface area is 124 Å². The van der Waals surface area contributed by atoms with Crippen LogP contribution in [-0.4, -0.2) is 14.9 Å². The van der Waals surface area contributed by atoms with E-state index in [1.165, 1.54) is 10.6 Å². The molecule has 0 unspecified atom stereocenters. The van der Waals surface area contributed by atoms with Crippen molar-refractivity contribution in [3.63, 3.8) is 0 Å². The molecule has 7 heteroatoms. The average Bonchev–Trinajstić information content (AvgIpc) is 2.83. The lowest BCUT2D eigenvalue weighted by Crippen LogP contribution is -2.27. The highest BCUT2D eigenvalue weighted by Gasteiger charge is 2.16. The number of ketones is 1. The standard InChI is InChI=1S/C12H12Cl2N2O2S/c1-7(2)16-4-3-15(12(16)18)6-9(17)8-5-10(13)19-11(8)14/h3-5,7H,6H2,1-2H3. The van der Waals surface area contributed by atoms with E-state index in [4.69, 9.17) is 23.2 Å². The minimum Gasteiger partial charge on any atom is -0.297 e. The van der Waals surface area contributed by atoms with Crippen LogP contribution in [0.2, 0.25) is 8.67 Å². The quantitative estimate of drug-likeness (QED) is 0.810. The molecule has 0 N–H and O–H groups in total. The Morgan fingerprint density at radius 3 is 2.53 bits per heavy atom. The van der Waals surface area contributed by atoms with Crippen LogP contribution in [-0.2, 0) is 6.54 Å². The first-order valence-corrected chi connectivity index (χ1v) is 7.22. The van der Waals surface area contributed by atoms with Crippen molar-refractivity contribution in [2.24, 2.45) is 0 Å². The highest BCUT2D eigenvalue weighted by Crippen LogP contribution is 2.31. The SMILES string of the molecule is CC(C)n1ccn(CC(=O)c2cc(Cl)sc2Cl)c1=O. The largest absolute Gasteiger partial charge is 0.328 e. The molecule has 0 aliphatic rings. The normalized spacial score (nSPS) is 11.2. The third-order valence-electron chi connectivity index (χ3n) is 2.70. The van der Waals surface area contributed by atoms with E-state index in [2.05, 4.69) is 0 Å². The summed E-state index contributed by atoms with van der Waals surface area (Å²) in [6.07, 6.45) is 3.27. The third kappa shape index (κ3) is 2.94. The molecule has 0 aromatic carbocycles. The number of rotatable bonds is 4. The van der Waals surface area contributed by atoms with Crippen molar-refractivity contribution in [1.82, 2.24) is 9.13 Å². The van der Waals surface area contributed by atoms with Crippen LogP contribution in [0.3, 0.4) is 0 Å². The van der Waals surface area contributed by atoms with Gasteiger partial charge in [-0.3, -0.25) is 13.9 Å². The van der Waals surface area contributed by atoms with Crippen molar-refractivity contribution >= 4 is 40.3 Å². The molecule has 0 bridgehead atoms. The molecular weight excluding hydrogens is 307 g/mol. The van der Waals surface area contributed by atoms with Gasteiger partial charge in [-0.2, -0.15) is 0 Å². The number of carbonyl (C=O) groups excluding carboxylic acids is 1. The molecular formula is C12H12Cl2N2O2S. The van der Waals surface area contributed by atoms with Crippen molar-refractivity contribution in [3.8, 4) is 0 Å². The van der Waals surface area contributed by atoms with Crippen LogP contribution in [0.25, 0.3) is 0 Å². The van der Waals surface area contributed by atoms with Crippen molar-refractivity contribution in [1.29, 1.82) is 0 Å². The van der Waals surface area contributed by atoms with Gasteiger partial charge in [0.2, 0.25) is 0 Å². The van der Waals surface area contributed by atoms with Crippen LogP contribution in [0.1, 0.15) is 30.2 Å². The zero-order valence-corrected chi connectivity index (χ0v) is 12.7. The molecule has 0 aliphatic heterocycles. The molecule has 2 aromatic heterocycles. The zero-order valence-electron chi connectivity index (χ0n) is 10.4. The predicted octanol–water partition coefficient (Wildman–Crippen LogP) is 3.48. The van der Waals surface area contributed by atoms with Crippen molar-refractivity contribution in [2.45, 2.75) is 26.4 Å². The second-order valence-corrected chi connectivity index (χ2v) is 6.66. The van der Waals surface area contributed by atoms with E-state index < -0.39 is 0 Å². The summed E-state index contributed by atoms with van der Waals surface area (Å²) >= 11 is 12.9. The molecule has 0 spiro atoms. The van der Waals surface area contributed by atoms with Crippen molar-refractivity contribution in [2.75, 3.05) is 0 Å². The Kier molecular flexibility index (Phi) is 4.18. The Morgan fingerprint density at radius 2 is 2.05 bits per heavy atom. The summed E-state index contributed by atoms with van der Waals surface area (Å²) in [4.78, 5) is 24.1. The first-order chi connectivity index (χ1) is 8.90. The van der Waals surface area contributed by atoms with Gasteiger partial charge in [-0.25, -0.2) is 4.79 Å². The topological polar surface area (TPSA) is 44.0 Å². The van der Waals surface area contributed by atoms with Crippen LogP contribution in [0, 0.1) is 0 Å². The van der Waals surface area contributed by atoms with Gasteiger partial charge in [0.1, 0.15) is 4.34 Å². The van der Waals surface area contributed by atoms with Gasteiger partial charge in [-0.15, -0.1) is 11.3 Å². The number of hydrogen-bond donors (Lipinski definition) is 0. The second-order valence-electron chi connectivity index (χ2n) is 4.37. The van der Waals surface area contributed by atoms with Gasteiger partial charge in [0.15, 0.2) is 5.78 Å². The number of aromatic nitrogens is 2. The lowest BCUT2D eigenvalue weighted by Gasteiger charge is -2.04. The van der Waals surface area contributed by atoms with Gasteiger partial charge in [-0.1, -0.05) is 23.2 Å². The summed E-state index contributed by atoms with van der Waals surface area (Å²) in [6, 6.07) is 1.59. The Hall–Kier alpha value is -1.04. The zero-order chi connectivity index (χ0) is 14.2. The van der Waals surface area contributed by atoms with E-state index in [0.29, 0.717) is 14.2 Å². The molecule has 4 nitrogen and oxygen atoms in total. The molecule has 0 atom stereocenters. The number of Topliss-reactive ketones (excluding diaryl/α,β-unsaturated/α-hetero) is 1. The van der Waals surface area contributed by atoms with E-state index in [1.807, 2.05) is 13.8 Å². The fourth-order valence-corrected chi connectivity index (χ4v) is 3.21. The molecule has 0 saturated carbocycles. The molecule has 0 radical (unpaired) electrons. The Morgan fingerprint density at radius 1 is 1.37 bits per heavy atom. The number of imidazole rings is 1. The number of thiophene rings is 1. The first kappa shape index (κ1) is 14.4. The Bertz CT molecular complexity index is 670.